The Morgan fingerprint density at radius 1 is 1.62 bits per heavy atom. The lowest BCUT2D eigenvalue weighted by Crippen LogP contribution is -2.02. The van der Waals surface area contributed by atoms with E-state index in [1.54, 1.807) is 18.2 Å². The predicted molar refractivity (Wildman–Crippen MR) is 47.5 cm³/mol. The lowest BCUT2D eigenvalue weighted by Gasteiger charge is -2.06. The quantitative estimate of drug-likeness (QED) is 0.285. The van der Waals surface area contributed by atoms with E-state index in [1.807, 2.05) is 0 Å². The van der Waals surface area contributed by atoms with Crippen LogP contribution in [0.4, 0.5) is 0 Å². The van der Waals surface area contributed by atoms with Crippen LogP contribution < -0.4 is 0 Å². The molecule has 0 saturated carbocycles. The van der Waals surface area contributed by atoms with Gasteiger partial charge in [-0.2, -0.15) is 0 Å². The van der Waals surface area contributed by atoms with Crippen molar-refractivity contribution in [1.29, 1.82) is 0 Å². The minimum Gasteiger partial charge on any atom is -0.299 e. The highest BCUT2D eigenvalue weighted by Crippen LogP contribution is 2.17. The van der Waals surface area contributed by atoms with Gasteiger partial charge in [0.1, 0.15) is 6.29 Å². The van der Waals surface area contributed by atoms with E-state index in [1.165, 1.54) is 12.2 Å². The van der Waals surface area contributed by atoms with Gasteiger partial charge in [0.05, 0.1) is 4.92 Å². The molecule has 13 heavy (non-hydrogen) atoms. The van der Waals surface area contributed by atoms with Gasteiger partial charge in [-0.3, -0.25) is 14.9 Å². The van der Waals surface area contributed by atoms with Crippen LogP contribution in [0.5, 0.6) is 0 Å². The van der Waals surface area contributed by atoms with Gasteiger partial charge in [-0.05, 0) is 24.5 Å². The van der Waals surface area contributed by atoms with Crippen LogP contribution >= 0.6 is 0 Å². The van der Waals surface area contributed by atoms with Gasteiger partial charge in [0.2, 0.25) is 0 Å². The minimum atomic E-state index is -0.420. The Labute approximate surface area is 75.4 Å². The molecular formula is C9H9NO3. The average molecular weight is 179 g/mol. The zero-order valence-electron chi connectivity index (χ0n) is 6.92. The molecule has 0 bridgehead atoms. The standard InChI is InChI=1S/C9H9NO3/c11-7-1-2-8-3-5-9(6-4-8)10(12)13/h1-3,5-8H,4H2/b2-1+. The van der Waals surface area contributed by atoms with Gasteiger partial charge in [-0.15, -0.1) is 0 Å². The molecule has 68 valence electrons. The van der Waals surface area contributed by atoms with Crippen LogP contribution in [0.1, 0.15) is 6.42 Å². The maximum absolute atomic E-state index is 10.3. The molecule has 1 atom stereocenters. The third-order valence-corrected chi connectivity index (χ3v) is 1.76. The maximum Gasteiger partial charge on any atom is 0.265 e. The van der Waals surface area contributed by atoms with Crippen LogP contribution in [0, 0.1) is 16.0 Å². The Kier molecular flexibility index (Phi) is 3.14. The second-order valence-corrected chi connectivity index (χ2v) is 2.67. The second kappa shape index (κ2) is 4.35. The summed E-state index contributed by atoms with van der Waals surface area (Å²) >= 11 is 0. The van der Waals surface area contributed by atoms with Crippen molar-refractivity contribution in [1.82, 2.24) is 0 Å². The van der Waals surface area contributed by atoms with Gasteiger partial charge in [0.15, 0.2) is 0 Å². The summed E-state index contributed by atoms with van der Waals surface area (Å²) in [5.41, 5.74) is 0.121. The molecule has 0 aromatic rings. The third kappa shape index (κ3) is 2.66. The Balaban J connectivity index is 2.58. The average Bonchev–Trinajstić information content (AvgIpc) is 2.15. The lowest BCUT2D eigenvalue weighted by molar-refractivity contribution is -0.419. The van der Waals surface area contributed by atoms with E-state index in [4.69, 9.17) is 0 Å². The largest absolute Gasteiger partial charge is 0.299 e. The van der Waals surface area contributed by atoms with Crippen LogP contribution in [0.15, 0.2) is 36.1 Å². The number of hydrogen-bond donors (Lipinski definition) is 0. The first kappa shape index (κ1) is 9.38. The lowest BCUT2D eigenvalue weighted by atomic mass is 9.99. The van der Waals surface area contributed by atoms with Crippen LogP contribution in [0.2, 0.25) is 0 Å². The van der Waals surface area contributed by atoms with Gasteiger partial charge in [-0.1, -0.05) is 12.2 Å². The number of carbonyl (C=O) groups excluding carboxylic acids is 1. The van der Waals surface area contributed by atoms with Crippen molar-refractivity contribution >= 4 is 6.29 Å². The third-order valence-electron chi connectivity index (χ3n) is 1.76. The van der Waals surface area contributed by atoms with Crippen molar-refractivity contribution in [3.8, 4) is 0 Å². The molecule has 0 N–H and O–H groups in total. The molecule has 0 aromatic heterocycles. The number of carbonyl (C=O) groups is 1. The second-order valence-electron chi connectivity index (χ2n) is 2.67. The van der Waals surface area contributed by atoms with E-state index in [0.29, 0.717) is 12.7 Å². The predicted octanol–water partition coefficient (Wildman–Crippen LogP) is 1.48. The highest BCUT2D eigenvalue weighted by molar-refractivity contribution is 5.64. The van der Waals surface area contributed by atoms with Gasteiger partial charge in [0.25, 0.3) is 5.70 Å². The molecule has 0 spiro atoms. The molecule has 1 unspecified atom stereocenters. The van der Waals surface area contributed by atoms with Gasteiger partial charge in [0, 0.05) is 6.08 Å². The summed E-state index contributed by atoms with van der Waals surface area (Å²) in [6.07, 6.45) is 9.13. The van der Waals surface area contributed by atoms with E-state index >= 15 is 0 Å². The Morgan fingerprint density at radius 3 is 2.85 bits per heavy atom. The van der Waals surface area contributed by atoms with Crippen LogP contribution in [-0.4, -0.2) is 11.2 Å². The van der Waals surface area contributed by atoms with E-state index in [0.717, 1.165) is 0 Å². The van der Waals surface area contributed by atoms with E-state index in [2.05, 4.69) is 0 Å². The van der Waals surface area contributed by atoms with Crippen LogP contribution in [0.25, 0.3) is 0 Å². The first-order chi connectivity index (χ1) is 6.24. The minimum absolute atomic E-state index is 0.105. The molecule has 0 aromatic carbocycles. The van der Waals surface area contributed by atoms with Crippen molar-refractivity contribution in [2.45, 2.75) is 6.42 Å². The number of nitrogens with zero attached hydrogens (tertiary/aromatic N) is 1. The zero-order valence-corrected chi connectivity index (χ0v) is 6.92. The van der Waals surface area contributed by atoms with Crippen molar-refractivity contribution in [2.24, 2.45) is 5.92 Å². The molecule has 0 saturated heterocycles. The van der Waals surface area contributed by atoms with E-state index < -0.39 is 4.92 Å². The van der Waals surface area contributed by atoms with E-state index in [-0.39, 0.29) is 11.6 Å². The van der Waals surface area contributed by atoms with Gasteiger partial charge in [-0.25, -0.2) is 0 Å². The normalized spacial score (nSPS) is 21.5. The SMILES string of the molecule is O=C/C=C/C1C=CC([N+](=O)[O-])=CC1. The van der Waals surface area contributed by atoms with E-state index in [9.17, 15) is 14.9 Å². The Morgan fingerprint density at radius 2 is 2.38 bits per heavy atom. The number of allylic oxidation sites excluding steroid dienone is 5. The summed E-state index contributed by atoms with van der Waals surface area (Å²) in [6, 6.07) is 0. The number of nitro groups is 1. The summed E-state index contributed by atoms with van der Waals surface area (Å²) < 4.78 is 0. The molecule has 1 aliphatic rings. The molecule has 1 aliphatic carbocycles. The van der Waals surface area contributed by atoms with Crippen molar-refractivity contribution in [3.63, 3.8) is 0 Å². The van der Waals surface area contributed by atoms with Crippen molar-refractivity contribution in [2.75, 3.05) is 0 Å². The fraction of sp³-hybridized carbons (Fsp3) is 0.222. The molecule has 0 fully saturated rings. The number of aldehydes is 1. The smallest absolute Gasteiger partial charge is 0.265 e. The first-order valence-electron chi connectivity index (χ1n) is 3.88. The Bertz CT molecular complexity index is 302. The summed E-state index contributed by atoms with van der Waals surface area (Å²) in [5.74, 6) is 0.105. The van der Waals surface area contributed by atoms with Crippen molar-refractivity contribution < 1.29 is 9.72 Å². The summed E-state index contributed by atoms with van der Waals surface area (Å²) in [6.45, 7) is 0. The number of rotatable bonds is 3. The number of hydrogen-bond acceptors (Lipinski definition) is 3. The monoisotopic (exact) mass is 179 g/mol. The van der Waals surface area contributed by atoms with Crippen LogP contribution in [0.3, 0.4) is 0 Å². The molecule has 4 nitrogen and oxygen atoms in total. The molecule has 0 aliphatic heterocycles. The molecular weight excluding hydrogens is 170 g/mol. The summed E-state index contributed by atoms with van der Waals surface area (Å²) in [5, 5.41) is 10.3. The molecule has 0 radical (unpaired) electrons. The summed E-state index contributed by atoms with van der Waals surface area (Å²) in [7, 11) is 0. The molecule has 0 amide bonds. The van der Waals surface area contributed by atoms with Crippen LogP contribution in [-0.2, 0) is 4.79 Å². The van der Waals surface area contributed by atoms with Gasteiger partial charge >= 0.3 is 0 Å². The first-order valence-corrected chi connectivity index (χ1v) is 3.88. The topological polar surface area (TPSA) is 60.2 Å². The zero-order chi connectivity index (χ0) is 9.68. The fourth-order valence-corrected chi connectivity index (χ4v) is 1.09. The maximum atomic E-state index is 10.3. The molecule has 0 heterocycles. The highest BCUT2D eigenvalue weighted by Gasteiger charge is 2.12. The highest BCUT2D eigenvalue weighted by atomic mass is 16.6. The molecule has 1 rings (SSSR count). The Hall–Kier alpha value is -1.71. The van der Waals surface area contributed by atoms with Gasteiger partial charge < -0.3 is 0 Å². The fourth-order valence-electron chi connectivity index (χ4n) is 1.09. The molecule has 4 heteroatoms. The van der Waals surface area contributed by atoms with Crippen molar-refractivity contribution in [3.05, 3.63) is 46.2 Å². The summed E-state index contributed by atoms with van der Waals surface area (Å²) in [4.78, 5) is 19.9.